The summed E-state index contributed by atoms with van der Waals surface area (Å²) < 4.78 is 15.6. The SMILES string of the molecule is CC(C)N(Cc1cccn1C)C(=O)Nc1ccccc1F. The first-order valence-corrected chi connectivity index (χ1v) is 6.91. The van der Waals surface area contributed by atoms with Crippen LogP contribution in [0.15, 0.2) is 42.6 Å². The lowest BCUT2D eigenvalue weighted by atomic mass is 10.3. The number of hydrogen-bond acceptors (Lipinski definition) is 1. The normalized spacial score (nSPS) is 10.7. The molecule has 0 spiro atoms. The first-order valence-electron chi connectivity index (χ1n) is 6.91. The maximum Gasteiger partial charge on any atom is 0.322 e. The van der Waals surface area contributed by atoms with Crippen molar-refractivity contribution in [3.63, 3.8) is 0 Å². The molecule has 112 valence electrons. The van der Waals surface area contributed by atoms with Crippen molar-refractivity contribution in [2.45, 2.75) is 26.4 Å². The maximum absolute atomic E-state index is 13.6. The minimum absolute atomic E-state index is 0.00618. The first-order chi connectivity index (χ1) is 9.99. The molecule has 5 heteroatoms. The van der Waals surface area contributed by atoms with Gasteiger partial charge < -0.3 is 14.8 Å². The van der Waals surface area contributed by atoms with Crippen LogP contribution in [0.4, 0.5) is 14.9 Å². The number of para-hydroxylation sites is 1. The van der Waals surface area contributed by atoms with Gasteiger partial charge in [0.05, 0.1) is 12.2 Å². The van der Waals surface area contributed by atoms with Gasteiger partial charge in [0.15, 0.2) is 0 Å². The van der Waals surface area contributed by atoms with E-state index in [1.54, 1.807) is 23.1 Å². The Hall–Kier alpha value is -2.30. The highest BCUT2D eigenvalue weighted by Gasteiger charge is 2.19. The van der Waals surface area contributed by atoms with Crippen LogP contribution in [0, 0.1) is 5.82 Å². The summed E-state index contributed by atoms with van der Waals surface area (Å²) in [7, 11) is 1.93. The number of rotatable bonds is 4. The lowest BCUT2D eigenvalue weighted by Gasteiger charge is -2.27. The van der Waals surface area contributed by atoms with E-state index >= 15 is 0 Å². The van der Waals surface area contributed by atoms with E-state index in [2.05, 4.69) is 5.32 Å². The quantitative estimate of drug-likeness (QED) is 0.917. The highest BCUT2D eigenvalue weighted by Crippen LogP contribution is 2.15. The minimum atomic E-state index is -0.437. The van der Waals surface area contributed by atoms with E-state index in [-0.39, 0.29) is 17.8 Å². The Morgan fingerprint density at radius 3 is 2.57 bits per heavy atom. The predicted molar refractivity (Wildman–Crippen MR) is 81.5 cm³/mol. The number of benzene rings is 1. The second-order valence-electron chi connectivity index (χ2n) is 5.24. The van der Waals surface area contributed by atoms with Crippen LogP contribution in [0.3, 0.4) is 0 Å². The van der Waals surface area contributed by atoms with Gasteiger partial charge in [0.2, 0.25) is 0 Å². The number of carbonyl (C=O) groups is 1. The van der Waals surface area contributed by atoms with Gasteiger partial charge in [-0.3, -0.25) is 0 Å². The van der Waals surface area contributed by atoms with Crippen molar-refractivity contribution in [1.29, 1.82) is 0 Å². The molecule has 0 fully saturated rings. The molecule has 0 aliphatic rings. The van der Waals surface area contributed by atoms with E-state index in [9.17, 15) is 9.18 Å². The molecule has 2 amide bonds. The van der Waals surface area contributed by atoms with Crippen molar-refractivity contribution in [2.75, 3.05) is 5.32 Å². The number of nitrogens with one attached hydrogen (secondary N) is 1. The summed E-state index contributed by atoms with van der Waals surface area (Å²) in [6, 6.07) is 9.75. The van der Waals surface area contributed by atoms with Crippen molar-refractivity contribution in [3.8, 4) is 0 Å². The summed E-state index contributed by atoms with van der Waals surface area (Å²) in [5.74, 6) is -0.437. The highest BCUT2D eigenvalue weighted by molar-refractivity contribution is 5.89. The Morgan fingerprint density at radius 1 is 1.29 bits per heavy atom. The van der Waals surface area contributed by atoms with Crippen LogP contribution in [-0.4, -0.2) is 21.5 Å². The van der Waals surface area contributed by atoms with Crippen molar-refractivity contribution in [2.24, 2.45) is 7.05 Å². The van der Waals surface area contributed by atoms with Gasteiger partial charge in [0.25, 0.3) is 0 Å². The van der Waals surface area contributed by atoms with Gasteiger partial charge >= 0.3 is 6.03 Å². The van der Waals surface area contributed by atoms with Crippen molar-refractivity contribution >= 4 is 11.7 Å². The third-order valence-corrected chi connectivity index (χ3v) is 3.38. The zero-order valence-electron chi connectivity index (χ0n) is 12.5. The molecule has 1 N–H and O–H groups in total. The molecule has 1 aromatic carbocycles. The zero-order chi connectivity index (χ0) is 15.4. The topological polar surface area (TPSA) is 37.3 Å². The molecular formula is C16H20FN3O. The van der Waals surface area contributed by atoms with Gasteiger partial charge in [0, 0.05) is 25.0 Å². The summed E-state index contributed by atoms with van der Waals surface area (Å²) in [4.78, 5) is 14.1. The van der Waals surface area contributed by atoms with Crippen LogP contribution in [0.5, 0.6) is 0 Å². The van der Waals surface area contributed by atoms with Crippen LogP contribution in [-0.2, 0) is 13.6 Å². The third-order valence-electron chi connectivity index (χ3n) is 3.38. The molecule has 2 aromatic rings. The van der Waals surface area contributed by atoms with Gasteiger partial charge in [-0.15, -0.1) is 0 Å². The van der Waals surface area contributed by atoms with E-state index in [0.717, 1.165) is 5.69 Å². The van der Waals surface area contributed by atoms with E-state index in [0.29, 0.717) is 6.54 Å². The summed E-state index contributed by atoms with van der Waals surface area (Å²) in [6.45, 7) is 4.34. The van der Waals surface area contributed by atoms with Crippen molar-refractivity contribution in [3.05, 3.63) is 54.1 Å². The van der Waals surface area contributed by atoms with Crippen LogP contribution < -0.4 is 5.32 Å². The molecule has 0 radical (unpaired) electrons. The summed E-state index contributed by atoms with van der Waals surface area (Å²) in [6.07, 6.45) is 1.93. The molecule has 0 saturated carbocycles. The standard InChI is InChI=1S/C16H20FN3O/c1-12(2)20(11-13-7-6-10-19(13)3)16(21)18-15-9-5-4-8-14(15)17/h4-10,12H,11H2,1-3H3,(H,18,21). The Balaban J connectivity index is 2.13. The molecule has 2 rings (SSSR count). The summed E-state index contributed by atoms with van der Waals surface area (Å²) >= 11 is 0. The average molecular weight is 289 g/mol. The largest absolute Gasteiger partial charge is 0.353 e. The molecule has 4 nitrogen and oxygen atoms in total. The maximum atomic E-state index is 13.6. The molecule has 0 aliphatic heterocycles. The predicted octanol–water partition coefficient (Wildman–Crippen LogP) is 3.61. The molecule has 0 aliphatic carbocycles. The van der Waals surface area contributed by atoms with Crippen LogP contribution in [0.1, 0.15) is 19.5 Å². The molecule has 0 unspecified atom stereocenters. The molecule has 21 heavy (non-hydrogen) atoms. The fourth-order valence-electron chi connectivity index (χ4n) is 2.07. The monoisotopic (exact) mass is 289 g/mol. The van der Waals surface area contributed by atoms with Gasteiger partial charge in [-0.2, -0.15) is 0 Å². The number of aromatic nitrogens is 1. The Kier molecular flexibility index (Phi) is 4.62. The van der Waals surface area contributed by atoms with Crippen molar-refractivity contribution < 1.29 is 9.18 Å². The fraction of sp³-hybridized carbons (Fsp3) is 0.312. The second-order valence-corrected chi connectivity index (χ2v) is 5.24. The Morgan fingerprint density at radius 2 is 2.00 bits per heavy atom. The third kappa shape index (κ3) is 3.62. The van der Waals surface area contributed by atoms with E-state index < -0.39 is 5.82 Å². The number of anilines is 1. The lowest BCUT2D eigenvalue weighted by Crippen LogP contribution is -2.40. The molecule has 0 bridgehead atoms. The fourth-order valence-corrected chi connectivity index (χ4v) is 2.07. The van der Waals surface area contributed by atoms with Crippen LogP contribution in [0.25, 0.3) is 0 Å². The zero-order valence-corrected chi connectivity index (χ0v) is 12.5. The Bertz CT molecular complexity index is 621. The van der Waals surface area contributed by atoms with Crippen molar-refractivity contribution in [1.82, 2.24) is 9.47 Å². The number of nitrogens with zero attached hydrogens (tertiary/aromatic N) is 2. The first kappa shape index (κ1) is 15.1. The minimum Gasteiger partial charge on any atom is -0.353 e. The molecule has 0 saturated heterocycles. The number of hydrogen-bond donors (Lipinski definition) is 1. The van der Waals surface area contributed by atoms with Crippen LogP contribution >= 0.6 is 0 Å². The summed E-state index contributed by atoms with van der Waals surface area (Å²) in [5, 5.41) is 2.63. The average Bonchev–Trinajstić information content (AvgIpc) is 2.83. The van der Waals surface area contributed by atoms with E-state index in [4.69, 9.17) is 0 Å². The lowest BCUT2D eigenvalue weighted by molar-refractivity contribution is 0.192. The van der Waals surface area contributed by atoms with Gasteiger partial charge in [-0.05, 0) is 38.1 Å². The number of aryl methyl sites for hydroxylation is 1. The molecular weight excluding hydrogens is 269 g/mol. The highest BCUT2D eigenvalue weighted by atomic mass is 19.1. The summed E-state index contributed by atoms with van der Waals surface area (Å²) in [5.41, 5.74) is 1.22. The second kappa shape index (κ2) is 6.43. The van der Waals surface area contributed by atoms with Gasteiger partial charge in [0.1, 0.15) is 5.82 Å². The molecule has 1 aromatic heterocycles. The Labute approximate surface area is 124 Å². The number of halogens is 1. The number of carbonyl (C=O) groups excluding carboxylic acids is 1. The number of amides is 2. The molecule has 1 heterocycles. The van der Waals surface area contributed by atoms with Crippen LogP contribution in [0.2, 0.25) is 0 Å². The smallest absolute Gasteiger partial charge is 0.322 e. The number of urea groups is 1. The van der Waals surface area contributed by atoms with E-state index in [1.807, 2.05) is 43.8 Å². The van der Waals surface area contributed by atoms with E-state index in [1.165, 1.54) is 6.07 Å². The van der Waals surface area contributed by atoms with Gasteiger partial charge in [-0.1, -0.05) is 12.1 Å². The molecule has 0 atom stereocenters. The van der Waals surface area contributed by atoms with Gasteiger partial charge in [-0.25, -0.2) is 9.18 Å².